The van der Waals surface area contributed by atoms with Gasteiger partial charge in [-0.3, -0.25) is 5.10 Å². The highest BCUT2D eigenvalue weighted by atomic mass is 15.2. The van der Waals surface area contributed by atoms with E-state index in [-0.39, 0.29) is 0 Å². The van der Waals surface area contributed by atoms with Crippen molar-refractivity contribution in [2.75, 3.05) is 23.3 Å². The van der Waals surface area contributed by atoms with Gasteiger partial charge in [0.05, 0.1) is 0 Å². The lowest BCUT2D eigenvalue weighted by molar-refractivity contribution is 0.498. The molecule has 0 aliphatic carbocycles. The molecule has 0 amide bonds. The number of piperidine rings is 1. The maximum absolute atomic E-state index is 4.44. The Morgan fingerprint density at radius 2 is 2.29 bits per heavy atom. The van der Waals surface area contributed by atoms with Crippen LogP contribution in [0.15, 0.2) is 24.7 Å². The largest absolute Gasteiger partial charge is 0.368 e. The Morgan fingerprint density at radius 3 is 3.05 bits per heavy atom. The number of nitrogens with one attached hydrogen (secondary N) is 2. The second kappa shape index (κ2) is 6.11. The molecule has 0 spiro atoms. The molecule has 3 rings (SSSR count). The van der Waals surface area contributed by atoms with Gasteiger partial charge in [0.2, 0.25) is 0 Å². The predicted molar refractivity (Wildman–Crippen MR) is 83.6 cm³/mol. The number of hydrogen-bond acceptors (Lipinski definition) is 5. The lowest BCUT2D eigenvalue weighted by Crippen LogP contribution is -2.35. The van der Waals surface area contributed by atoms with Gasteiger partial charge in [0.1, 0.15) is 18.0 Å². The number of H-pyrrole nitrogens is 1. The summed E-state index contributed by atoms with van der Waals surface area (Å²) in [4.78, 5) is 11.0. The average Bonchev–Trinajstić information content (AvgIpc) is 3.01. The Labute approximate surface area is 125 Å². The van der Waals surface area contributed by atoms with Gasteiger partial charge in [-0.25, -0.2) is 9.97 Å². The SMILES string of the molecule is CC(C)Nc1cc(N2CCC[C@@H](c3ccn[nH]3)C2)ncn1. The Kier molecular flexibility index (Phi) is 4.03. The number of nitrogens with zero attached hydrogens (tertiary/aromatic N) is 4. The van der Waals surface area contributed by atoms with E-state index in [0.29, 0.717) is 12.0 Å². The molecular weight excluding hydrogens is 264 g/mol. The molecule has 1 aliphatic rings. The summed E-state index contributed by atoms with van der Waals surface area (Å²) in [7, 11) is 0. The molecule has 1 aliphatic heterocycles. The lowest BCUT2D eigenvalue weighted by Gasteiger charge is -2.33. The van der Waals surface area contributed by atoms with E-state index in [4.69, 9.17) is 0 Å². The van der Waals surface area contributed by atoms with E-state index in [1.54, 1.807) is 6.33 Å². The predicted octanol–water partition coefficient (Wildman–Crippen LogP) is 2.40. The second-order valence-corrected chi connectivity index (χ2v) is 5.86. The van der Waals surface area contributed by atoms with Crippen LogP contribution < -0.4 is 10.2 Å². The molecule has 6 nitrogen and oxygen atoms in total. The van der Waals surface area contributed by atoms with Crippen LogP contribution in [0.3, 0.4) is 0 Å². The van der Waals surface area contributed by atoms with Crippen molar-refractivity contribution in [2.45, 2.75) is 38.6 Å². The van der Waals surface area contributed by atoms with Crippen LogP contribution >= 0.6 is 0 Å². The minimum absolute atomic E-state index is 0.367. The van der Waals surface area contributed by atoms with E-state index in [1.807, 2.05) is 12.3 Å². The topological polar surface area (TPSA) is 69.7 Å². The van der Waals surface area contributed by atoms with Gasteiger partial charge < -0.3 is 10.2 Å². The van der Waals surface area contributed by atoms with Gasteiger partial charge >= 0.3 is 0 Å². The molecule has 112 valence electrons. The molecular formula is C15H22N6. The molecule has 0 aromatic carbocycles. The van der Waals surface area contributed by atoms with Gasteiger partial charge in [-0.15, -0.1) is 0 Å². The van der Waals surface area contributed by atoms with Crippen LogP contribution in [-0.2, 0) is 0 Å². The molecule has 2 N–H and O–H groups in total. The number of aromatic nitrogens is 4. The minimum atomic E-state index is 0.367. The van der Waals surface area contributed by atoms with Crippen molar-refractivity contribution >= 4 is 11.6 Å². The second-order valence-electron chi connectivity index (χ2n) is 5.86. The van der Waals surface area contributed by atoms with Crippen LogP contribution in [0.1, 0.15) is 38.3 Å². The Bertz CT molecular complexity index is 565. The quantitative estimate of drug-likeness (QED) is 0.903. The van der Waals surface area contributed by atoms with Crippen LogP contribution in [0, 0.1) is 0 Å². The highest BCUT2D eigenvalue weighted by molar-refractivity contribution is 5.49. The van der Waals surface area contributed by atoms with Gasteiger partial charge in [0.15, 0.2) is 0 Å². The molecule has 0 unspecified atom stereocenters. The number of hydrogen-bond donors (Lipinski definition) is 2. The average molecular weight is 286 g/mol. The number of anilines is 2. The third-order valence-electron chi connectivity index (χ3n) is 3.80. The van der Waals surface area contributed by atoms with Gasteiger partial charge in [-0.1, -0.05) is 0 Å². The molecule has 1 saturated heterocycles. The van der Waals surface area contributed by atoms with Crippen LogP contribution in [0.4, 0.5) is 11.6 Å². The summed E-state index contributed by atoms with van der Waals surface area (Å²) in [6, 6.07) is 4.47. The highest BCUT2D eigenvalue weighted by Crippen LogP contribution is 2.28. The summed E-state index contributed by atoms with van der Waals surface area (Å²) >= 11 is 0. The maximum Gasteiger partial charge on any atom is 0.134 e. The van der Waals surface area contributed by atoms with Gasteiger partial charge in [-0.05, 0) is 32.8 Å². The lowest BCUT2D eigenvalue weighted by atomic mass is 9.95. The van der Waals surface area contributed by atoms with Gasteiger partial charge in [0.25, 0.3) is 0 Å². The number of rotatable bonds is 4. The summed E-state index contributed by atoms with van der Waals surface area (Å²) in [5.74, 6) is 2.38. The van der Waals surface area contributed by atoms with E-state index < -0.39 is 0 Å². The molecule has 0 saturated carbocycles. The summed E-state index contributed by atoms with van der Waals surface area (Å²) in [5.41, 5.74) is 1.22. The summed E-state index contributed by atoms with van der Waals surface area (Å²) in [6.45, 7) is 6.23. The first-order valence-corrected chi connectivity index (χ1v) is 7.55. The Hall–Kier alpha value is -2.11. The minimum Gasteiger partial charge on any atom is -0.368 e. The van der Waals surface area contributed by atoms with Crippen molar-refractivity contribution in [1.29, 1.82) is 0 Å². The third kappa shape index (κ3) is 3.32. The van der Waals surface area contributed by atoms with E-state index >= 15 is 0 Å². The van der Waals surface area contributed by atoms with E-state index in [9.17, 15) is 0 Å². The van der Waals surface area contributed by atoms with Gasteiger partial charge in [0, 0.05) is 43.0 Å². The van der Waals surface area contributed by atoms with Crippen molar-refractivity contribution in [2.24, 2.45) is 0 Å². The van der Waals surface area contributed by atoms with Crippen LogP contribution in [0.2, 0.25) is 0 Å². The van der Waals surface area contributed by atoms with E-state index in [2.05, 4.69) is 50.3 Å². The van der Waals surface area contributed by atoms with Gasteiger partial charge in [-0.2, -0.15) is 5.10 Å². The first kappa shape index (κ1) is 13.9. The van der Waals surface area contributed by atoms with Crippen molar-refractivity contribution in [1.82, 2.24) is 20.2 Å². The molecule has 1 atom stereocenters. The molecule has 1 fully saturated rings. The van der Waals surface area contributed by atoms with Crippen LogP contribution in [-0.4, -0.2) is 39.3 Å². The molecule has 2 aromatic rings. The molecule has 0 radical (unpaired) electrons. The fraction of sp³-hybridized carbons (Fsp3) is 0.533. The summed E-state index contributed by atoms with van der Waals surface area (Å²) in [5, 5.41) is 10.5. The van der Waals surface area contributed by atoms with Crippen LogP contribution in [0.5, 0.6) is 0 Å². The summed E-state index contributed by atoms with van der Waals surface area (Å²) < 4.78 is 0. The fourth-order valence-electron chi connectivity index (χ4n) is 2.83. The van der Waals surface area contributed by atoms with Crippen molar-refractivity contribution in [3.05, 3.63) is 30.4 Å². The summed E-state index contributed by atoms with van der Waals surface area (Å²) in [6.07, 6.45) is 5.82. The number of aromatic amines is 1. The van der Waals surface area contributed by atoms with E-state index in [0.717, 1.165) is 24.7 Å². The zero-order valence-corrected chi connectivity index (χ0v) is 12.6. The molecule has 0 bridgehead atoms. The Morgan fingerprint density at radius 1 is 1.38 bits per heavy atom. The smallest absolute Gasteiger partial charge is 0.134 e. The van der Waals surface area contributed by atoms with Crippen molar-refractivity contribution < 1.29 is 0 Å². The molecule has 21 heavy (non-hydrogen) atoms. The zero-order valence-electron chi connectivity index (χ0n) is 12.6. The van der Waals surface area contributed by atoms with Crippen molar-refractivity contribution in [3.8, 4) is 0 Å². The zero-order chi connectivity index (χ0) is 14.7. The standard InChI is InChI=1S/C15H22N6/c1-11(2)19-14-8-15(17-10-16-14)21-7-3-4-12(9-21)13-5-6-18-20-13/h5-6,8,10-12H,3-4,7,9H2,1-2H3,(H,18,20)(H,16,17,19)/t12-/m1/s1. The first-order valence-electron chi connectivity index (χ1n) is 7.55. The normalized spacial score (nSPS) is 19.0. The fourth-order valence-corrected chi connectivity index (χ4v) is 2.83. The highest BCUT2D eigenvalue weighted by Gasteiger charge is 2.23. The maximum atomic E-state index is 4.44. The first-order chi connectivity index (χ1) is 10.2. The third-order valence-corrected chi connectivity index (χ3v) is 3.80. The van der Waals surface area contributed by atoms with Crippen molar-refractivity contribution in [3.63, 3.8) is 0 Å². The molecule has 2 aromatic heterocycles. The van der Waals surface area contributed by atoms with Crippen LogP contribution in [0.25, 0.3) is 0 Å². The monoisotopic (exact) mass is 286 g/mol. The Balaban J connectivity index is 1.74. The molecule has 3 heterocycles. The van der Waals surface area contributed by atoms with E-state index in [1.165, 1.54) is 18.5 Å². The molecule has 6 heteroatoms.